The Labute approximate surface area is 187 Å². The molecule has 166 valence electrons. The predicted octanol–water partition coefficient (Wildman–Crippen LogP) is 1.08. The molecule has 0 aliphatic rings. The third-order valence-electron chi connectivity index (χ3n) is 4.57. The molecule has 3 aromatic rings. The molecule has 0 aliphatic carbocycles. The summed E-state index contributed by atoms with van der Waals surface area (Å²) in [7, 11) is 0. The van der Waals surface area contributed by atoms with Crippen LogP contribution < -0.4 is 22.4 Å². The van der Waals surface area contributed by atoms with Gasteiger partial charge in [0, 0.05) is 11.1 Å². The lowest BCUT2D eigenvalue weighted by Crippen LogP contribution is -2.55. The number of halogens is 1. The Morgan fingerprint density at radius 2 is 1.56 bits per heavy atom. The van der Waals surface area contributed by atoms with Gasteiger partial charge in [0.25, 0.3) is 0 Å². The normalized spacial score (nSPS) is 10.7. The van der Waals surface area contributed by atoms with Crippen LogP contribution in [0.1, 0.15) is 5.56 Å². The largest absolute Gasteiger partial charge is 0.337 e. The molecule has 0 aliphatic heterocycles. The number of nitrogens with zero attached hydrogens (tertiary/aromatic N) is 5. The van der Waals surface area contributed by atoms with Crippen LogP contribution in [-0.2, 0) is 31.0 Å². The molecule has 32 heavy (non-hydrogen) atoms. The van der Waals surface area contributed by atoms with Gasteiger partial charge in [0.15, 0.2) is 0 Å². The molecular weight excluding hydrogens is 436 g/mol. The van der Waals surface area contributed by atoms with Gasteiger partial charge < -0.3 is 5.32 Å². The Hall–Kier alpha value is -3.92. The second-order valence-corrected chi connectivity index (χ2v) is 7.15. The Kier molecular flexibility index (Phi) is 7.06. The summed E-state index contributed by atoms with van der Waals surface area (Å²) >= 11 is 6.19. The summed E-state index contributed by atoms with van der Waals surface area (Å²) in [5.74, 6) is -0.284. The number of carbonyl (C=O) groups is 1. The van der Waals surface area contributed by atoms with E-state index in [0.717, 1.165) is 14.7 Å². The molecule has 0 atom stereocenters. The number of carbonyl (C=O) groups excluding carboxylic acids is 1. The Bertz CT molecular complexity index is 1300. The van der Waals surface area contributed by atoms with Crippen LogP contribution in [0.4, 0.5) is 5.82 Å². The Morgan fingerprint density at radius 3 is 2.16 bits per heavy atom. The van der Waals surface area contributed by atoms with E-state index in [4.69, 9.17) is 11.6 Å². The van der Waals surface area contributed by atoms with Gasteiger partial charge in [-0.05, 0) is 11.6 Å². The van der Waals surface area contributed by atoms with E-state index in [9.17, 15) is 19.2 Å². The third kappa shape index (κ3) is 4.70. The molecule has 0 spiro atoms. The van der Waals surface area contributed by atoms with Gasteiger partial charge in [-0.15, -0.1) is 13.2 Å². The first-order chi connectivity index (χ1) is 15.4. The van der Waals surface area contributed by atoms with Gasteiger partial charge >= 0.3 is 17.1 Å². The first-order valence-corrected chi connectivity index (χ1v) is 9.96. The number of nitrogens with one attached hydrogen (secondary N) is 1. The summed E-state index contributed by atoms with van der Waals surface area (Å²) in [6.07, 6.45) is 4.20. The van der Waals surface area contributed by atoms with Gasteiger partial charge in [-0.3, -0.25) is 4.79 Å². The smallest absolute Gasteiger partial charge is 0.309 e. The molecule has 1 aromatic carbocycles. The highest BCUT2D eigenvalue weighted by Crippen LogP contribution is 2.18. The minimum atomic E-state index is -0.903. The summed E-state index contributed by atoms with van der Waals surface area (Å²) in [5, 5.41) is 7.37. The van der Waals surface area contributed by atoms with Crippen molar-refractivity contribution in [1.29, 1.82) is 0 Å². The lowest BCUT2D eigenvalue weighted by atomic mass is 10.2. The number of hydrogen-bond donors (Lipinski definition) is 1. The lowest BCUT2D eigenvalue weighted by molar-refractivity contribution is -0.117. The van der Waals surface area contributed by atoms with E-state index in [0.29, 0.717) is 22.0 Å². The van der Waals surface area contributed by atoms with Gasteiger partial charge in [-0.1, -0.05) is 42.0 Å². The van der Waals surface area contributed by atoms with Gasteiger partial charge in [-0.25, -0.2) is 32.8 Å². The van der Waals surface area contributed by atoms with E-state index >= 15 is 0 Å². The molecule has 1 N–H and O–H groups in total. The Morgan fingerprint density at radius 1 is 0.969 bits per heavy atom. The molecule has 0 saturated heterocycles. The van der Waals surface area contributed by atoms with Crippen molar-refractivity contribution in [2.75, 3.05) is 5.32 Å². The zero-order chi connectivity index (χ0) is 23.3. The molecule has 1 amide bonds. The summed E-state index contributed by atoms with van der Waals surface area (Å²) < 4.78 is 3.87. The van der Waals surface area contributed by atoms with E-state index in [1.165, 1.54) is 23.0 Å². The average Bonchev–Trinajstić information content (AvgIpc) is 3.20. The highest BCUT2D eigenvalue weighted by atomic mass is 35.5. The lowest BCUT2D eigenvalue weighted by Gasteiger charge is -2.13. The zero-order valence-corrected chi connectivity index (χ0v) is 17.9. The number of rotatable bonds is 9. The fourth-order valence-corrected chi connectivity index (χ4v) is 3.26. The quantitative estimate of drug-likeness (QED) is 0.484. The average molecular weight is 457 g/mol. The summed E-state index contributed by atoms with van der Waals surface area (Å²) in [5.41, 5.74) is -1.80. The van der Waals surface area contributed by atoms with Crippen LogP contribution in [0.25, 0.3) is 0 Å². The van der Waals surface area contributed by atoms with Crippen molar-refractivity contribution in [2.45, 2.75) is 26.2 Å². The second-order valence-electron chi connectivity index (χ2n) is 6.75. The highest BCUT2D eigenvalue weighted by Gasteiger charge is 2.17. The monoisotopic (exact) mass is 456 g/mol. The molecule has 2 aromatic heterocycles. The molecule has 10 nitrogen and oxygen atoms in total. The van der Waals surface area contributed by atoms with Crippen LogP contribution in [0, 0.1) is 0 Å². The second kappa shape index (κ2) is 9.92. The maximum absolute atomic E-state index is 12.7. The number of hydrogen-bond acceptors (Lipinski definition) is 5. The van der Waals surface area contributed by atoms with Crippen LogP contribution in [-0.4, -0.2) is 29.4 Å². The van der Waals surface area contributed by atoms with Crippen molar-refractivity contribution >= 4 is 23.3 Å². The molecule has 3 rings (SSSR count). The predicted molar refractivity (Wildman–Crippen MR) is 121 cm³/mol. The van der Waals surface area contributed by atoms with E-state index in [2.05, 4.69) is 23.6 Å². The van der Waals surface area contributed by atoms with Crippen molar-refractivity contribution in [3.8, 4) is 0 Å². The van der Waals surface area contributed by atoms with Crippen LogP contribution in [0.2, 0.25) is 5.02 Å². The molecule has 11 heteroatoms. The maximum Gasteiger partial charge on any atom is 0.337 e. The van der Waals surface area contributed by atoms with Gasteiger partial charge in [-0.2, -0.15) is 5.10 Å². The zero-order valence-electron chi connectivity index (χ0n) is 17.1. The number of benzene rings is 1. The van der Waals surface area contributed by atoms with Crippen molar-refractivity contribution in [1.82, 2.24) is 23.5 Å². The maximum atomic E-state index is 12.7. The van der Waals surface area contributed by atoms with Crippen LogP contribution >= 0.6 is 11.6 Å². The highest BCUT2D eigenvalue weighted by molar-refractivity contribution is 6.31. The van der Waals surface area contributed by atoms with E-state index in [1.807, 2.05) is 12.1 Å². The molecule has 2 heterocycles. The van der Waals surface area contributed by atoms with Crippen molar-refractivity contribution in [3.05, 3.63) is 104 Å². The summed E-state index contributed by atoms with van der Waals surface area (Å²) in [6.45, 7) is 6.52. The van der Waals surface area contributed by atoms with Crippen LogP contribution in [0.5, 0.6) is 0 Å². The minimum Gasteiger partial charge on any atom is -0.309 e. The van der Waals surface area contributed by atoms with Crippen LogP contribution in [0.3, 0.4) is 0 Å². The van der Waals surface area contributed by atoms with Gasteiger partial charge in [0.1, 0.15) is 12.4 Å². The first kappa shape index (κ1) is 22.8. The third-order valence-corrected chi connectivity index (χ3v) is 4.94. The first-order valence-electron chi connectivity index (χ1n) is 9.58. The summed E-state index contributed by atoms with van der Waals surface area (Å²) in [4.78, 5) is 50.4. The van der Waals surface area contributed by atoms with Gasteiger partial charge in [0.05, 0.1) is 25.8 Å². The standard InChI is InChI=1S/C21H21ClN6O4/c1-3-11-25-19(30)26(12-4-2)21(32)27(20(25)31)14-18(29)24-17-9-10-23-28(17)13-15-7-5-6-8-16(15)22/h3-10H,1-2,11-14H2,(H,24,29). The van der Waals surface area contributed by atoms with Crippen LogP contribution in [0.15, 0.2) is 76.2 Å². The number of aromatic nitrogens is 5. The molecule has 0 radical (unpaired) electrons. The van der Waals surface area contributed by atoms with Crippen molar-refractivity contribution in [3.63, 3.8) is 0 Å². The van der Waals surface area contributed by atoms with Crippen molar-refractivity contribution < 1.29 is 4.79 Å². The topological polar surface area (TPSA) is 113 Å². The summed E-state index contributed by atoms with van der Waals surface area (Å²) in [6, 6.07) is 8.80. The number of amides is 1. The molecule has 0 unspecified atom stereocenters. The van der Waals surface area contributed by atoms with E-state index < -0.39 is 29.5 Å². The van der Waals surface area contributed by atoms with Crippen molar-refractivity contribution in [2.24, 2.45) is 0 Å². The van der Waals surface area contributed by atoms with E-state index in [1.54, 1.807) is 18.2 Å². The molecular formula is C21H21ClN6O4. The molecule has 0 fully saturated rings. The fraction of sp³-hybridized carbons (Fsp3) is 0.190. The Balaban J connectivity index is 1.89. The number of anilines is 1. The SMILES string of the molecule is C=CCn1c(=O)n(CC=C)c(=O)n(CC(=O)Nc2ccnn2Cc2ccccc2Cl)c1=O. The number of allylic oxidation sites excluding steroid dienone is 2. The fourth-order valence-electron chi connectivity index (χ4n) is 3.07. The van der Waals surface area contributed by atoms with E-state index in [-0.39, 0.29) is 13.1 Å². The molecule has 0 bridgehead atoms. The van der Waals surface area contributed by atoms with Gasteiger partial charge in [0.2, 0.25) is 5.91 Å². The molecule has 0 saturated carbocycles. The minimum absolute atomic E-state index is 0.110.